The number of methoxy groups -OCH3 is 1. The summed E-state index contributed by atoms with van der Waals surface area (Å²) >= 11 is 0. The van der Waals surface area contributed by atoms with E-state index in [-0.39, 0.29) is 11.4 Å². The molecule has 12 heteroatoms. The zero-order chi connectivity index (χ0) is 24.3. The first-order chi connectivity index (χ1) is 15.6. The molecule has 0 radical (unpaired) electrons. The molecule has 0 amide bonds. The topological polar surface area (TPSA) is 117 Å². The molecule has 3 rings (SSSR count). The lowest BCUT2D eigenvalue weighted by atomic mass is 9.79. The molecule has 0 saturated heterocycles. The highest BCUT2D eigenvalue weighted by Gasteiger charge is 2.40. The standard InChI is InChI=1S/C21H17F3N4O5/c1-27-20(25-10-26-27)18(15(9-28(31)32)11-3-5-12(22)6-4-11)19(29)17-14(21(30)33-2)7-13(23)8-16(17)24/h3-8,10,15,18H,9H2,1-2H3. The van der Waals surface area contributed by atoms with Gasteiger partial charge in [0.1, 0.15) is 29.6 Å². The number of benzene rings is 2. The third kappa shape index (κ3) is 4.89. The van der Waals surface area contributed by atoms with Gasteiger partial charge in [-0.15, -0.1) is 0 Å². The van der Waals surface area contributed by atoms with Crippen LogP contribution in [0.25, 0.3) is 0 Å². The number of esters is 1. The second kappa shape index (κ2) is 9.59. The molecule has 0 fully saturated rings. The van der Waals surface area contributed by atoms with Crippen molar-refractivity contribution in [3.8, 4) is 0 Å². The fourth-order valence-corrected chi connectivity index (χ4v) is 3.59. The molecule has 0 aliphatic heterocycles. The van der Waals surface area contributed by atoms with Gasteiger partial charge in [0.2, 0.25) is 6.54 Å². The number of rotatable bonds is 8. The van der Waals surface area contributed by atoms with Crippen LogP contribution in [0.5, 0.6) is 0 Å². The molecule has 0 saturated carbocycles. The number of nitro groups is 1. The molecular weight excluding hydrogens is 445 g/mol. The van der Waals surface area contributed by atoms with Crippen molar-refractivity contribution < 1.29 is 32.4 Å². The van der Waals surface area contributed by atoms with Crippen LogP contribution in [-0.4, -0.2) is 45.1 Å². The Hall–Kier alpha value is -4.09. The van der Waals surface area contributed by atoms with Crippen molar-refractivity contribution >= 4 is 11.8 Å². The maximum absolute atomic E-state index is 14.8. The number of carbonyl (C=O) groups is 2. The van der Waals surface area contributed by atoms with Crippen molar-refractivity contribution in [2.24, 2.45) is 7.05 Å². The van der Waals surface area contributed by atoms with Gasteiger partial charge < -0.3 is 4.74 Å². The van der Waals surface area contributed by atoms with Crippen LogP contribution >= 0.6 is 0 Å². The van der Waals surface area contributed by atoms with E-state index in [1.165, 1.54) is 19.2 Å². The van der Waals surface area contributed by atoms with Gasteiger partial charge in [-0.3, -0.25) is 19.6 Å². The van der Waals surface area contributed by atoms with Crippen molar-refractivity contribution in [2.75, 3.05) is 13.7 Å². The van der Waals surface area contributed by atoms with Crippen molar-refractivity contribution in [3.63, 3.8) is 0 Å². The highest BCUT2D eigenvalue weighted by molar-refractivity contribution is 6.09. The van der Waals surface area contributed by atoms with Gasteiger partial charge in [-0.05, 0) is 23.8 Å². The van der Waals surface area contributed by atoms with E-state index in [0.29, 0.717) is 12.1 Å². The summed E-state index contributed by atoms with van der Waals surface area (Å²) in [5.41, 5.74) is -1.31. The molecule has 172 valence electrons. The molecule has 1 aromatic heterocycles. The smallest absolute Gasteiger partial charge is 0.338 e. The molecule has 2 aromatic carbocycles. The minimum atomic E-state index is -1.53. The zero-order valence-corrected chi connectivity index (χ0v) is 17.4. The van der Waals surface area contributed by atoms with Crippen LogP contribution in [0.3, 0.4) is 0 Å². The number of carbonyl (C=O) groups excluding carboxylic acids is 2. The van der Waals surface area contributed by atoms with E-state index < -0.39 is 63.6 Å². The summed E-state index contributed by atoms with van der Waals surface area (Å²) in [6, 6.07) is 5.66. The van der Waals surface area contributed by atoms with E-state index in [1.54, 1.807) is 0 Å². The molecular formula is C21H17F3N4O5. The number of aryl methyl sites for hydroxylation is 1. The number of halogens is 3. The third-order valence-electron chi connectivity index (χ3n) is 5.06. The zero-order valence-electron chi connectivity index (χ0n) is 17.4. The normalized spacial score (nSPS) is 12.8. The Morgan fingerprint density at radius 2 is 1.82 bits per heavy atom. The number of aromatic nitrogens is 3. The number of hydrogen-bond acceptors (Lipinski definition) is 7. The lowest BCUT2D eigenvalue weighted by molar-refractivity contribution is -0.483. The molecule has 33 heavy (non-hydrogen) atoms. The molecule has 0 aliphatic rings. The van der Waals surface area contributed by atoms with Gasteiger partial charge in [-0.2, -0.15) is 5.10 Å². The quantitative estimate of drug-likeness (QED) is 0.219. The maximum Gasteiger partial charge on any atom is 0.338 e. The first kappa shape index (κ1) is 23.6. The summed E-state index contributed by atoms with van der Waals surface area (Å²) in [4.78, 5) is 40.7. The summed E-state index contributed by atoms with van der Waals surface area (Å²) in [7, 11) is 2.38. The highest BCUT2D eigenvalue weighted by atomic mass is 19.1. The summed E-state index contributed by atoms with van der Waals surface area (Å²) < 4.78 is 47.9. The van der Waals surface area contributed by atoms with Crippen LogP contribution in [0.15, 0.2) is 42.7 Å². The fraction of sp³-hybridized carbons (Fsp3) is 0.238. The van der Waals surface area contributed by atoms with E-state index in [0.717, 1.165) is 30.3 Å². The molecule has 1 heterocycles. The molecule has 9 nitrogen and oxygen atoms in total. The second-order valence-electron chi connectivity index (χ2n) is 7.06. The average Bonchev–Trinajstić information content (AvgIpc) is 3.17. The largest absolute Gasteiger partial charge is 0.465 e. The Balaban J connectivity index is 2.27. The van der Waals surface area contributed by atoms with Crippen molar-refractivity contribution in [1.82, 2.24) is 14.8 Å². The first-order valence-corrected chi connectivity index (χ1v) is 9.46. The Labute approximate surface area is 185 Å². The fourth-order valence-electron chi connectivity index (χ4n) is 3.59. The summed E-state index contributed by atoms with van der Waals surface area (Å²) in [5, 5.41) is 15.4. The maximum atomic E-state index is 14.8. The van der Waals surface area contributed by atoms with Gasteiger partial charge in [-0.1, -0.05) is 12.1 Å². The molecule has 0 N–H and O–H groups in total. The number of hydrogen-bond donors (Lipinski definition) is 0. The molecule has 2 atom stereocenters. The van der Waals surface area contributed by atoms with E-state index in [2.05, 4.69) is 14.8 Å². The monoisotopic (exact) mass is 462 g/mol. The van der Waals surface area contributed by atoms with Gasteiger partial charge in [-0.25, -0.2) is 22.9 Å². The molecule has 0 aliphatic carbocycles. The van der Waals surface area contributed by atoms with Crippen LogP contribution in [-0.2, 0) is 11.8 Å². The summed E-state index contributed by atoms with van der Waals surface area (Å²) in [5.74, 6) is -8.22. The summed E-state index contributed by atoms with van der Waals surface area (Å²) in [6.07, 6.45) is 1.09. The van der Waals surface area contributed by atoms with E-state index >= 15 is 0 Å². The van der Waals surface area contributed by atoms with Crippen molar-refractivity contribution in [3.05, 3.63) is 92.8 Å². The van der Waals surface area contributed by atoms with Gasteiger partial charge in [0.05, 0.1) is 30.1 Å². The molecule has 0 bridgehead atoms. The average molecular weight is 462 g/mol. The number of Topliss-reactive ketones (excluding diaryl/α,β-unsaturated/α-hetero) is 1. The predicted molar refractivity (Wildman–Crippen MR) is 107 cm³/mol. The van der Waals surface area contributed by atoms with E-state index in [1.807, 2.05) is 0 Å². The van der Waals surface area contributed by atoms with Crippen molar-refractivity contribution in [2.45, 2.75) is 11.8 Å². The Morgan fingerprint density at radius 1 is 1.15 bits per heavy atom. The lowest BCUT2D eigenvalue weighted by Gasteiger charge is -2.24. The second-order valence-corrected chi connectivity index (χ2v) is 7.06. The van der Waals surface area contributed by atoms with Crippen LogP contribution < -0.4 is 0 Å². The first-order valence-electron chi connectivity index (χ1n) is 9.46. The minimum absolute atomic E-state index is 0.0734. The lowest BCUT2D eigenvalue weighted by Crippen LogP contribution is -2.30. The SMILES string of the molecule is COC(=O)c1cc(F)cc(F)c1C(=O)C(c1ncnn1C)C(C[N+](=O)[O-])c1ccc(F)cc1. The predicted octanol–water partition coefficient (Wildman–Crippen LogP) is 3.05. The van der Waals surface area contributed by atoms with Crippen molar-refractivity contribution in [1.29, 1.82) is 0 Å². The number of ether oxygens (including phenoxy) is 1. The molecule has 2 unspecified atom stereocenters. The van der Waals surface area contributed by atoms with E-state index in [4.69, 9.17) is 0 Å². The molecule has 0 spiro atoms. The Kier molecular flexibility index (Phi) is 6.85. The van der Waals surface area contributed by atoms with Crippen LogP contribution in [0.4, 0.5) is 13.2 Å². The van der Waals surface area contributed by atoms with Crippen LogP contribution in [0.1, 0.15) is 43.9 Å². The van der Waals surface area contributed by atoms with Gasteiger partial charge >= 0.3 is 5.97 Å². The van der Waals surface area contributed by atoms with Crippen LogP contribution in [0, 0.1) is 27.6 Å². The van der Waals surface area contributed by atoms with Gasteiger partial charge in [0.15, 0.2) is 5.78 Å². The number of ketones is 1. The Morgan fingerprint density at radius 3 is 2.36 bits per heavy atom. The van der Waals surface area contributed by atoms with Gasteiger partial charge in [0, 0.05) is 18.0 Å². The third-order valence-corrected chi connectivity index (χ3v) is 5.06. The molecule has 3 aromatic rings. The number of nitrogens with zero attached hydrogens (tertiary/aromatic N) is 4. The Bertz CT molecular complexity index is 1210. The van der Waals surface area contributed by atoms with E-state index in [9.17, 15) is 32.9 Å². The van der Waals surface area contributed by atoms with Gasteiger partial charge in [0.25, 0.3) is 0 Å². The highest BCUT2D eigenvalue weighted by Crippen LogP contribution is 2.37. The minimum Gasteiger partial charge on any atom is -0.465 e. The van der Waals surface area contributed by atoms with Crippen LogP contribution in [0.2, 0.25) is 0 Å². The summed E-state index contributed by atoms with van der Waals surface area (Å²) in [6.45, 7) is -0.814.